The number of pyridine rings is 2. The van der Waals surface area contributed by atoms with Crippen LogP contribution in [-0.4, -0.2) is 69.5 Å². The van der Waals surface area contributed by atoms with E-state index in [1.807, 2.05) is 24.4 Å². The maximum absolute atomic E-state index is 13.5. The Morgan fingerprint density at radius 3 is 2.81 bits per heavy atom. The number of rotatable bonds is 5. The molecule has 0 aliphatic carbocycles. The highest BCUT2D eigenvalue weighted by molar-refractivity contribution is 7.83. The van der Waals surface area contributed by atoms with Crippen molar-refractivity contribution in [3.05, 3.63) is 54.5 Å². The molecule has 2 aliphatic rings. The van der Waals surface area contributed by atoms with Crippen LogP contribution in [0.25, 0.3) is 16.6 Å². The summed E-state index contributed by atoms with van der Waals surface area (Å²) in [4.78, 5) is 14.3. The van der Waals surface area contributed by atoms with Gasteiger partial charge in [0.15, 0.2) is 16.6 Å². The lowest BCUT2D eigenvalue weighted by atomic mass is 10.00. The number of fused-ring (bicyclic) bond motifs is 1. The van der Waals surface area contributed by atoms with Crippen molar-refractivity contribution in [2.45, 2.75) is 23.8 Å². The number of hydrogen-bond acceptors (Lipinski definition) is 6. The average Bonchev–Trinajstić information content (AvgIpc) is 3.45. The van der Waals surface area contributed by atoms with E-state index in [2.05, 4.69) is 39.0 Å². The third-order valence-electron chi connectivity index (χ3n) is 6.19. The minimum Gasteiger partial charge on any atom is -0.380 e. The number of ether oxygens (including phenoxy) is 1. The highest BCUT2D eigenvalue weighted by Gasteiger charge is 2.24. The van der Waals surface area contributed by atoms with Gasteiger partial charge in [-0.2, -0.15) is 0 Å². The highest BCUT2D eigenvalue weighted by atomic mass is 32.2. The molecule has 0 saturated carbocycles. The number of aromatic nitrogens is 3. The van der Waals surface area contributed by atoms with E-state index in [1.165, 1.54) is 5.57 Å². The van der Waals surface area contributed by atoms with Crippen LogP contribution in [0.5, 0.6) is 0 Å². The van der Waals surface area contributed by atoms with Crippen LogP contribution in [0.15, 0.2) is 53.8 Å². The predicted molar refractivity (Wildman–Crippen MR) is 123 cm³/mol. The summed E-state index contributed by atoms with van der Waals surface area (Å²) in [5, 5.41) is 1.04. The van der Waals surface area contributed by atoms with Crippen molar-refractivity contribution >= 4 is 33.4 Å². The summed E-state index contributed by atoms with van der Waals surface area (Å²) >= 11 is 0. The molecule has 3 aromatic heterocycles. The fraction of sp³-hybridized carbons (Fsp3) is 0.391. The molecule has 0 spiro atoms. The maximum Gasteiger partial charge on any atom is 0.159 e. The Hall–Kier alpha value is -2.55. The summed E-state index contributed by atoms with van der Waals surface area (Å²) in [6, 6.07) is 7.85. The first-order chi connectivity index (χ1) is 15.1. The molecule has 2 aliphatic heterocycles. The Bertz CT molecular complexity index is 1140. The van der Waals surface area contributed by atoms with E-state index in [4.69, 9.17) is 4.74 Å². The van der Waals surface area contributed by atoms with Crippen molar-refractivity contribution in [1.29, 1.82) is 0 Å². The first-order valence-electron chi connectivity index (χ1n) is 10.6. The number of methoxy groups -OCH3 is 1. The molecule has 162 valence electrons. The van der Waals surface area contributed by atoms with Gasteiger partial charge in [0.25, 0.3) is 0 Å². The third-order valence-corrected chi connectivity index (χ3v) is 7.47. The van der Waals surface area contributed by atoms with Crippen LogP contribution >= 0.6 is 0 Å². The van der Waals surface area contributed by atoms with Gasteiger partial charge >= 0.3 is 0 Å². The van der Waals surface area contributed by atoms with E-state index in [9.17, 15) is 4.21 Å². The summed E-state index contributed by atoms with van der Waals surface area (Å²) in [6.45, 7) is 3.71. The smallest absolute Gasteiger partial charge is 0.159 e. The van der Waals surface area contributed by atoms with Crippen molar-refractivity contribution in [3.63, 3.8) is 0 Å². The van der Waals surface area contributed by atoms with E-state index in [0.717, 1.165) is 61.4 Å². The summed E-state index contributed by atoms with van der Waals surface area (Å²) in [7, 11) is 2.46. The monoisotopic (exact) mass is 437 g/mol. The second-order valence-corrected chi connectivity index (χ2v) is 9.54. The lowest BCUT2D eigenvalue weighted by molar-refractivity contribution is 0.121. The zero-order chi connectivity index (χ0) is 21.4. The second-order valence-electron chi connectivity index (χ2n) is 8.18. The number of hydrogen-bond donors (Lipinski definition) is 0. The molecule has 0 N–H and O–H groups in total. The average molecular weight is 438 g/mol. The topological polar surface area (TPSA) is 63.5 Å². The van der Waals surface area contributed by atoms with Gasteiger partial charge in [0.05, 0.1) is 11.0 Å². The van der Waals surface area contributed by atoms with E-state index >= 15 is 0 Å². The number of nitrogens with zero attached hydrogens (tertiary/aromatic N) is 5. The molecule has 2 unspecified atom stereocenters. The maximum atomic E-state index is 13.5. The quantitative estimate of drug-likeness (QED) is 0.612. The molecule has 0 bridgehead atoms. The van der Waals surface area contributed by atoms with Gasteiger partial charge in [-0.05, 0) is 49.7 Å². The van der Waals surface area contributed by atoms with E-state index in [0.29, 0.717) is 4.90 Å². The van der Waals surface area contributed by atoms with Gasteiger partial charge in [0.1, 0.15) is 5.82 Å². The van der Waals surface area contributed by atoms with E-state index in [1.54, 1.807) is 23.5 Å². The van der Waals surface area contributed by atoms with Gasteiger partial charge in [0.2, 0.25) is 0 Å². The van der Waals surface area contributed by atoms with Crippen molar-refractivity contribution in [1.82, 2.24) is 18.8 Å². The molecule has 0 radical (unpaired) electrons. The minimum atomic E-state index is -1.42. The van der Waals surface area contributed by atoms with Crippen molar-refractivity contribution in [2.24, 2.45) is 0 Å². The standard InChI is InChI=1S/C23H27N5O2S/c1-26-11-7-17(8-12-26)21-16-28(23-20(21)4-3-10-24-23)31(29)19-5-6-22(25-14-19)27-13-9-18(15-27)30-2/h3-7,10,14,16,18H,8-9,11-13,15H2,1-2H3. The molecule has 0 amide bonds. The van der Waals surface area contributed by atoms with Gasteiger partial charge in [0, 0.05) is 62.8 Å². The minimum absolute atomic E-state index is 0.250. The summed E-state index contributed by atoms with van der Waals surface area (Å²) in [5.41, 5.74) is 3.15. The molecule has 1 fully saturated rings. The molecule has 31 heavy (non-hydrogen) atoms. The fourth-order valence-corrected chi connectivity index (χ4v) is 5.39. The van der Waals surface area contributed by atoms with Crippen LogP contribution in [0.3, 0.4) is 0 Å². The van der Waals surface area contributed by atoms with Gasteiger partial charge in [-0.25, -0.2) is 18.1 Å². The van der Waals surface area contributed by atoms with Crippen LogP contribution in [0.1, 0.15) is 18.4 Å². The normalized spacial score (nSPS) is 20.9. The fourth-order valence-electron chi connectivity index (χ4n) is 4.33. The first-order valence-corrected chi connectivity index (χ1v) is 11.7. The molecular weight excluding hydrogens is 410 g/mol. The molecule has 5 heterocycles. The molecular formula is C23H27N5O2S. The zero-order valence-electron chi connectivity index (χ0n) is 17.9. The molecule has 3 aromatic rings. The SMILES string of the molecule is COC1CCN(c2ccc(S(=O)n3cc(C4=CCN(C)CC4)c4cccnc43)cn2)C1. The van der Waals surface area contributed by atoms with Crippen LogP contribution < -0.4 is 4.90 Å². The highest BCUT2D eigenvalue weighted by Crippen LogP contribution is 2.31. The van der Waals surface area contributed by atoms with Gasteiger partial charge in [-0.15, -0.1) is 0 Å². The number of anilines is 1. The Morgan fingerprint density at radius 2 is 2.10 bits per heavy atom. The second kappa shape index (κ2) is 8.53. The van der Waals surface area contributed by atoms with E-state index in [-0.39, 0.29) is 6.10 Å². The van der Waals surface area contributed by atoms with E-state index < -0.39 is 11.0 Å². The van der Waals surface area contributed by atoms with Crippen molar-refractivity contribution in [3.8, 4) is 0 Å². The summed E-state index contributed by atoms with van der Waals surface area (Å²) in [5.74, 6) is 0.896. The first kappa shape index (κ1) is 20.4. The largest absolute Gasteiger partial charge is 0.380 e. The Balaban J connectivity index is 1.45. The van der Waals surface area contributed by atoms with Crippen LogP contribution in [0.2, 0.25) is 0 Å². The summed E-state index contributed by atoms with van der Waals surface area (Å²) in [6.07, 6.45) is 9.95. The Morgan fingerprint density at radius 1 is 1.19 bits per heavy atom. The van der Waals surface area contributed by atoms with Crippen LogP contribution in [0.4, 0.5) is 5.82 Å². The molecule has 5 rings (SSSR count). The van der Waals surface area contributed by atoms with Gasteiger partial charge < -0.3 is 14.5 Å². The molecule has 1 saturated heterocycles. The molecule has 0 aromatic carbocycles. The lowest BCUT2D eigenvalue weighted by Gasteiger charge is -2.21. The zero-order valence-corrected chi connectivity index (χ0v) is 18.7. The van der Waals surface area contributed by atoms with Crippen molar-refractivity contribution < 1.29 is 8.95 Å². The predicted octanol–water partition coefficient (Wildman–Crippen LogP) is 2.95. The number of likely N-dealkylation sites (N-methyl/N-ethyl adjacent to an activating group) is 1. The Kier molecular flexibility index (Phi) is 5.60. The van der Waals surface area contributed by atoms with Crippen LogP contribution in [-0.2, 0) is 15.7 Å². The van der Waals surface area contributed by atoms with Crippen molar-refractivity contribution in [2.75, 3.05) is 45.2 Å². The summed E-state index contributed by atoms with van der Waals surface area (Å²) < 4.78 is 20.7. The van der Waals surface area contributed by atoms with Crippen LogP contribution in [0, 0.1) is 0 Å². The molecule has 2 atom stereocenters. The molecule has 7 nitrogen and oxygen atoms in total. The van der Waals surface area contributed by atoms with Gasteiger partial charge in [-0.3, -0.25) is 0 Å². The molecule has 8 heteroatoms. The van der Waals surface area contributed by atoms with Gasteiger partial charge in [-0.1, -0.05) is 6.08 Å². The lowest BCUT2D eigenvalue weighted by Crippen LogP contribution is -2.23. The third kappa shape index (κ3) is 3.91. The Labute approximate surface area is 184 Å².